The zero-order chi connectivity index (χ0) is 22.5. The molecule has 0 saturated heterocycles. The zero-order valence-electron chi connectivity index (χ0n) is 18.4. The maximum atomic E-state index is 5.80. The monoisotopic (exact) mass is 433 g/mol. The first-order valence-electron chi connectivity index (χ1n) is 11.2. The van der Waals surface area contributed by atoms with Crippen LogP contribution < -0.4 is 21.0 Å². The first kappa shape index (κ1) is 20.8. The van der Waals surface area contributed by atoms with Crippen molar-refractivity contribution in [3.05, 3.63) is 109 Å². The number of pyridine rings is 3. The average Bonchev–Trinajstić information content (AvgIpc) is 2.89. The number of hydrogen-bond acceptors (Lipinski definition) is 3. The maximum Gasteiger partial charge on any atom is 0.281 e. The lowest BCUT2D eigenvalue weighted by Gasteiger charge is -2.12. The first-order chi connectivity index (χ1) is 16.3. The fourth-order valence-corrected chi connectivity index (χ4v) is 4.05. The smallest absolute Gasteiger partial charge is 0.281 e. The summed E-state index contributed by atoms with van der Waals surface area (Å²) in [6, 6.07) is 29.2. The number of nitrogens with one attached hydrogen (secondary N) is 3. The van der Waals surface area contributed by atoms with Crippen LogP contribution in [0.2, 0.25) is 0 Å². The molecule has 33 heavy (non-hydrogen) atoms. The largest absolute Gasteiger partial charge is 0.326 e. The van der Waals surface area contributed by atoms with E-state index in [1.165, 1.54) is 5.69 Å². The van der Waals surface area contributed by atoms with Crippen LogP contribution in [0.15, 0.2) is 97.3 Å². The summed E-state index contributed by atoms with van der Waals surface area (Å²) < 4.78 is 0. The Kier molecular flexibility index (Phi) is 6.04. The minimum Gasteiger partial charge on any atom is -0.326 e. The van der Waals surface area contributed by atoms with E-state index in [-0.39, 0.29) is 0 Å². The predicted molar refractivity (Wildman–Crippen MR) is 132 cm³/mol. The second kappa shape index (κ2) is 9.59. The van der Waals surface area contributed by atoms with Crippen LogP contribution >= 0.6 is 0 Å². The van der Waals surface area contributed by atoms with Crippen LogP contribution in [0.25, 0.3) is 33.3 Å². The van der Waals surface area contributed by atoms with Gasteiger partial charge in [0.1, 0.15) is 0 Å². The van der Waals surface area contributed by atoms with E-state index in [2.05, 4.69) is 75.9 Å². The third-order valence-electron chi connectivity index (χ3n) is 5.81. The summed E-state index contributed by atoms with van der Waals surface area (Å²) in [4.78, 5) is 11.8. The van der Waals surface area contributed by atoms with E-state index in [1.54, 1.807) is 0 Å². The highest BCUT2D eigenvalue weighted by molar-refractivity contribution is 5.95. The summed E-state index contributed by atoms with van der Waals surface area (Å²) in [7, 11) is 0. The molecule has 0 bridgehead atoms. The molecule has 0 aliphatic heterocycles. The van der Waals surface area contributed by atoms with E-state index >= 15 is 0 Å². The van der Waals surface area contributed by atoms with Gasteiger partial charge >= 0.3 is 0 Å². The summed E-state index contributed by atoms with van der Waals surface area (Å²) in [5.74, 6) is 0.971. The Morgan fingerprint density at radius 3 is 2.36 bits per heavy atom. The lowest BCUT2D eigenvalue weighted by molar-refractivity contribution is -0.390. The van der Waals surface area contributed by atoms with Crippen molar-refractivity contribution < 1.29 is 9.97 Å². The van der Waals surface area contributed by atoms with Gasteiger partial charge in [-0.25, -0.2) is 15.0 Å². The molecule has 5 nitrogen and oxygen atoms in total. The summed E-state index contributed by atoms with van der Waals surface area (Å²) in [5, 5.41) is 4.63. The Morgan fingerprint density at radius 2 is 1.61 bits per heavy atom. The number of H-pyrrole nitrogens is 2. The molecule has 5 rings (SSSR count). The van der Waals surface area contributed by atoms with Gasteiger partial charge in [0.05, 0.1) is 35.8 Å². The average molecular weight is 434 g/mol. The van der Waals surface area contributed by atoms with E-state index in [0.29, 0.717) is 6.54 Å². The van der Waals surface area contributed by atoms with Gasteiger partial charge in [-0.2, -0.15) is 0 Å². The van der Waals surface area contributed by atoms with Crippen LogP contribution in [-0.4, -0.2) is 11.5 Å². The molecule has 0 spiro atoms. The van der Waals surface area contributed by atoms with Gasteiger partial charge in [0.15, 0.2) is 11.9 Å². The van der Waals surface area contributed by atoms with Crippen LogP contribution in [0.4, 0.5) is 5.82 Å². The highest BCUT2D eigenvalue weighted by Crippen LogP contribution is 2.34. The Hall–Kier alpha value is -4.09. The van der Waals surface area contributed by atoms with Crippen LogP contribution in [0.1, 0.15) is 11.3 Å². The van der Waals surface area contributed by atoms with Crippen molar-refractivity contribution in [3.63, 3.8) is 0 Å². The van der Waals surface area contributed by atoms with Crippen molar-refractivity contribution in [2.24, 2.45) is 5.73 Å². The molecule has 0 radical (unpaired) electrons. The fourth-order valence-electron chi connectivity index (χ4n) is 4.05. The highest BCUT2D eigenvalue weighted by Gasteiger charge is 2.16. The number of aromatic amines is 2. The molecular weight excluding hydrogens is 406 g/mol. The van der Waals surface area contributed by atoms with E-state index in [4.69, 9.17) is 10.7 Å². The lowest BCUT2D eigenvalue weighted by atomic mass is 9.97. The second-order valence-corrected chi connectivity index (χ2v) is 8.00. The van der Waals surface area contributed by atoms with Gasteiger partial charge in [-0.05, 0) is 17.2 Å². The summed E-state index contributed by atoms with van der Waals surface area (Å²) >= 11 is 0. The van der Waals surface area contributed by atoms with Gasteiger partial charge in [-0.3, -0.25) is 5.32 Å². The normalized spacial score (nSPS) is 10.9. The molecule has 0 fully saturated rings. The molecule has 2 aromatic carbocycles. The SMILES string of the molecule is NCc1ccc(-c2nc3cc[nH+]c(NCCc4cccc[nH+]4)c3cc2-c2ccccc2)cc1. The van der Waals surface area contributed by atoms with E-state index < -0.39 is 0 Å². The topological polar surface area (TPSA) is 79.2 Å². The van der Waals surface area contributed by atoms with Gasteiger partial charge in [0, 0.05) is 35.9 Å². The number of hydrogen-bond donors (Lipinski definition) is 2. The number of rotatable bonds is 7. The number of benzene rings is 2. The number of nitrogens with zero attached hydrogens (tertiary/aromatic N) is 1. The summed E-state index contributed by atoms with van der Waals surface area (Å²) in [6.45, 7) is 1.33. The molecule has 5 heteroatoms. The third-order valence-corrected chi connectivity index (χ3v) is 5.81. The lowest BCUT2D eigenvalue weighted by Crippen LogP contribution is -2.18. The fraction of sp³-hybridized carbons (Fsp3) is 0.107. The van der Waals surface area contributed by atoms with Crippen molar-refractivity contribution in [1.82, 2.24) is 4.98 Å². The molecule has 0 saturated carbocycles. The standard InChI is InChI=1S/C28H25N5/c29-19-20-9-11-22(12-10-20)27-24(21-6-2-1-3-7-21)18-25-26(33-27)14-17-32-28(25)31-16-13-23-8-4-5-15-30-23/h1-12,14-15,17-18H,13,16,19,29H2,(H,31,32)/p+2. The maximum absolute atomic E-state index is 5.80. The van der Waals surface area contributed by atoms with Crippen molar-refractivity contribution in [2.75, 3.05) is 11.9 Å². The Morgan fingerprint density at radius 1 is 0.788 bits per heavy atom. The Balaban J connectivity index is 1.56. The van der Waals surface area contributed by atoms with Gasteiger partial charge in [-0.1, -0.05) is 60.7 Å². The Bertz CT molecular complexity index is 1350. The van der Waals surface area contributed by atoms with Gasteiger partial charge in [-0.15, -0.1) is 0 Å². The zero-order valence-corrected chi connectivity index (χ0v) is 18.4. The van der Waals surface area contributed by atoms with Gasteiger partial charge in [0.25, 0.3) is 5.82 Å². The molecule has 0 unspecified atom stereocenters. The van der Waals surface area contributed by atoms with Crippen LogP contribution in [0, 0.1) is 0 Å². The molecule has 0 aliphatic rings. The summed E-state index contributed by atoms with van der Waals surface area (Å²) in [6.07, 6.45) is 4.79. The minimum atomic E-state index is 0.530. The first-order valence-corrected chi connectivity index (χ1v) is 11.2. The van der Waals surface area contributed by atoms with Crippen LogP contribution in [0.3, 0.4) is 0 Å². The quantitative estimate of drug-likeness (QED) is 0.401. The predicted octanol–water partition coefficient (Wildman–Crippen LogP) is 4.31. The molecule has 5 N–H and O–H groups in total. The molecule has 0 aliphatic carbocycles. The van der Waals surface area contributed by atoms with Crippen molar-refractivity contribution >= 4 is 16.7 Å². The van der Waals surface area contributed by atoms with Crippen LogP contribution in [0.5, 0.6) is 0 Å². The highest BCUT2D eigenvalue weighted by atomic mass is 15.0. The van der Waals surface area contributed by atoms with Crippen molar-refractivity contribution in [3.8, 4) is 22.4 Å². The van der Waals surface area contributed by atoms with E-state index in [9.17, 15) is 0 Å². The van der Waals surface area contributed by atoms with Gasteiger partial charge < -0.3 is 5.73 Å². The molecule has 0 amide bonds. The number of anilines is 1. The van der Waals surface area contributed by atoms with Gasteiger partial charge in [0.2, 0.25) is 0 Å². The minimum absolute atomic E-state index is 0.530. The molecular formula is C28H27N5+2. The molecule has 162 valence electrons. The second-order valence-electron chi connectivity index (χ2n) is 8.00. The summed E-state index contributed by atoms with van der Waals surface area (Å²) in [5.41, 5.74) is 13.3. The van der Waals surface area contributed by atoms with Crippen molar-refractivity contribution in [2.45, 2.75) is 13.0 Å². The van der Waals surface area contributed by atoms with E-state index in [0.717, 1.165) is 57.6 Å². The number of nitrogens with two attached hydrogens (primary N) is 1. The van der Waals surface area contributed by atoms with Crippen LogP contribution in [-0.2, 0) is 13.0 Å². The molecule has 0 atom stereocenters. The third kappa shape index (κ3) is 4.59. The number of aromatic nitrogens is 3. The molecule has 3 aromatic heterocycles. The Labute approximate surface area is 193 Å². The number of fused-ring (bicyclic) bond motifs is 1. The molecule has 5 aromatic rings. The molecule has 3 heterocycles. The van der Waals surface area contributed by atoms with Crippen molar-refractivity contribution in [1.29, 1.82) is 0 Å². The van der Waals surface area contributed by atoms with E-state index in [1.807, 2.05) is 36.7 Å².